The summed E-state index contributed by atoms with van der Waals surface area (Å²) in [6, 6.07) is 4.06. The fourth-order valence-corrected chi connectivity index (χ4v) is 4.21. The van der Waals surface area contributed by atoms with Crippen LogP contribution in [0.3, 0.4) is 0 Å². The second-order valence-electron chi connectivity index (χ2n) is 10.8. The average molecular weight is 575 g/mol. The lowest BCUT2D eigenvalue weighted by Crippen LogP contribution is -2.30. The number of hydrogen-bond acceptors (Lipinski definition) is 4. The van der Waals surface area contributed by atoms with E-state index in [0.29, 0.717) is 22.7 Å². The monoisotopic (exact) mass is 574 g/mol. The van der Waals surface area contributed by atoms with E-state index in [1.54, 1.807) is 6.07 Å². The predicted octanol–water partition coefficient (Wildman–Crippen LogP) is 9.39. The highest BCUT2D eigenvalue weighted by molar-refractivity contribution is 5.92. The number of halogens is 2. The van der Waals surface area contributed by atoms with Crippen molar-refractivity contribution in [2.75, 3.05) is 18.9 Å². The van der Waals surface area contributed by atoms with Crippen LogP contribution in [0.1, 0.15) is 95.5 Å². The molecule has 0 aromatic heterocycles. The van der Waals surface area contributed by atoms with Gasteiger partial charge in [-0.25, -0.2) is 8.78 Å². The lowest BCUT2D eigenvalue weighted by molar-refractivity contribution is -0.115. The van der Waals surface area contributed by atoms with Crippen molar-refractivity contribution in [1.82, 2.24) is 10.2 Å². The SMILES string of the molecule is C=C/C(=C\C(F)=C(/C)C1CCC1)CC(=O)Nc1ccc(F)c([C@H](C)NC(C)C=N/C(=C/N(C)CC)C(C)C)c1.CC.[HH].[HH]. The zero-order valence-electron chi connectivity index (χ0n) is 26.7. The smallest absolute Gasteiger partial charge is 0.228 e. The molecule has 0 radical (unpaired) electrons. The Balaban J connectivity index is 0. The van der Waals surface area contributed by atoms with Crippen LogP contribution in [0.15, 0.2) is 70.8 Å². The number of aliphatic imine (C=N–C) groups is 1. The van der Waals surface area contributed by atoms with Crippen molar-refractivity contribution in [3.05, 3.63) is 77.2 Å². The Morgan fingerprint density at radius 2 is 1.90 bits per heavy atom. The van der Waals surface area contributed by atoms with Gasteiger partial charge in [-0.1, -0.05) is 46.8 Å². The minimum absolute atomic E-state index is 0. The number of rotatable bonds is 14. The van der Waals surface area contributed by atoms with Crippen molar-refractivity contribution in [3.63, 3.8) is 0 Å². The average Bonchev–Trinajstić information content (AvgIpc) is 2.91. The van der Waals surface area contributed by atoms with Gasteiger partial charge in [-0.15, -0.1) is 0 Å². The number of carbonyl (C=O) groups excluding carboxylic acids is 1. The van der Waals surface area contributed by atoms with E-state index in [-0.39, 0.29) is 44.8 Å². The number of allylic oxidation sites excluding steroid dienone is 5. The molecule has 2 atom stereocenters. The first-order chi connectivity index (χ1) is 19.4. The van der Waals surface area contributed by atoms with Gasteiger partial charge in [-0.2, -0.15) is 0 Å². The molecule has 1 fully saturated rings. The van der Waals surface area contributed by atoms with Crippen LogP contribution in [0.25, 0.3) is 0 Å². The molecule has 0 bridgehead atoms. The van der Waals surface area contributed by atoms with Crippen molar-refractivity contribution in [2.24, 2.45) is 16.8 Å². The molecule has 1 aliphatic rings. The number of benzene rings is 1. The maximum atomic E-state index is 14.7. The van der Waals surface area contributed by atoms with Crippen molar-refractivity contribution in [1.29, 1.82) is 0 Å². The van der Waals surface area contributed by atoms with Crippen LogP contribution in [-0.2, 0) is 4.79 Å². The minimum Gasteiger partial charge on any atom is -0.379 e. The summed E-state index contributed by atoms with van der Waals surface area (Å²) in [4.78, 5) is 19.4. The van der Waals surface area contributed by atoms with Gasteiger partial charge in [0.25, 0.3) is 0 Å². The summed E-state index contributed by atoms with van der Waals surface area (Å²) in [5.41, 5.74) is 3.11. The summed E-state index contributed by atoms with van der Waals surface area (Å²) in [6.45, 7) is 20.5. The van der Waals surface area contributed by atoms with E-state index < -0.39 is 0 Å². The standard InChI is InChI=1S/C32H46F2N4O.C2H6.2H2/c1-9-25(16-30(34)23(6)26-12-11-13-26)17-32(39)37-27-14-15-29(33)28(18-27)24(7)36-22(5)19-35-31(21(3)4)20-38(8)10-2;1-2;;/h9,14-16,18-22,24,26,36H,1,10-13,17H2,2-8H3,(H,37,39);1-2H3;2*1H/b25-16+,30-23-,31-20+,35-19?;;;/t22?,24-;;;/m0.../s1. The van der Waals surface area contributed by atoms with Gasteiger partial charge in [0.2, 0.25) is 5.91 Å². The van der Waals surface area contributed by atoms with Gasteiger partial charge >= 0.3 is 0 Å². The Labute approximate surface area is 250 Å². The molecule has 2 N–H and O–H groups in total. The molecule has 1 saturated carbocycles. The largest absolute Gasteiger partial charge is 0.379 e. The highest BCUT2D eigenvalue weighted by Gasteiger charge is 2.21. The first-order valence-electron chi connectivity index (χ1n) is 15.0. The number of anilines is 1. The molecule has 0 spiro atoms. The Kier molecular flexibility index (Phi) is 16.1. The quantitative estimate of drug-likeness (QED) is 0.172. The normalized spacial score (nSPS) is 16.4. The summed E-state index contributed by atoms with van der Waals surface area (Å²) >= 11 is 0. The van der Waals surface area contributed by atoms with Crippen molar-refractivity contribution in [2.45, 2.75) is 93.2 Å². The zero-order valence-corrected chi connectivity index (χ0v) is 26.7. The molecule has 1 aliphatic carbocycles. The van der Waals surface area contributed by atoms with Gasteiger partial charge < -0.3 is 15.5 Å². The van der Waals surface area contributed by atoms with Crippen LogP contribution in [0.4, 0.5) is 14.5 Å². The third-order valence-electron chi connectivity index (χ3n) is 7.18. The number of hydrogen-bond donors (Lipinski definition) is 2. The number of amides is 1. The number of nitrogens with zero attached hydrogens (tertiary/aromatic N) is 2. The van der Waals surface area contributed by atoms with Gasteiger partial charge in [-0.3, -0.25) is 9.79 Å². The first-order valence-corrected chi connectivity index (χ1v) is 15.0. The van der Waals surface area contributed by atoms with Crippen LogP contribution >= 0.6 is 0 Å². The van der Waals surface area contributed by atoms with Gasteiger partial charge in [0.15, 0.2) is 0 Å². The summed E-state index contributed by atoms with van der Waals surface area (Å²) in [7, 11) is 2.01. The summed E-state index contributed by atoms with van der Waals surface area (Å²) in [6.07, 6.45) is 9.88. The van der Waals surface area contributed by atoms with Gasteiger partial charge in [0, 0.05) is 52.2 Å². The maximum absolute atomic E-state index is 14.7. The van der Waals surface area contributed by atoms with Crippen LogP contribution < -0.4 is 10.6 Å². The highest BCUT2D eigenvalue weighted by Crippen LogP contribution is 2.35. The van der Waals surface area contributed by atoms with E-state index >= 15 is 0 Å². The third kappa shape index (κ3) is 12.1. The lowest BCUT2D eigenvalue weighted by Gasteiger charge is -2.26. The van der Waals surface area contributed by atoms with E-state index in [9.17, 15) is 13.6 Å². The topological polar surface area (TPSA) is 56.7 Å². The highest BCUT2D eigenvalue weighted by atomic mass is 19.1. The molecule has 5 nitrogen and oxygen atoms in total. The number of carbonyl (C=O) groups is 1. The van der Waals surface area contributed by atoms with Crippen molar-refractivity contribution >= 4 is 17.8 Å². The molecular formula is C34H56F2N4O. The van der Waals surface area contributed by atoms with Gasteiger partial charge in [0.1, 0.15) is 11.6 Å². The molecule has 0 heterocycles. The molecule has 0 saturated heterocycles. The van der Waals surface area contributed by atoms with Crippen molar-refractivity contribution in [3.8, 4) is 0 Å². The molecule has 1 aromatic rings. The van der Waals surface area contributed by atoms with Gasteiger partial charge in [-0.05, 0) is 87.8 Å². The molecule has 232 valence electrons. The van der Waals surface area contributed by atoms with E-state index in [4.69, 9.17) is 0 Å². The maximum Gasteiger partial charge on any atom is 0.228 e. The van der Waals surface area contributed by atoms with Crippen LogP contribution in [0.2, 0.25) is 0 Å². The molecule has 7 heteroatoms. The molecule has 0 aliphatic heterocycles. The van der Waals surface area contributed by atoms with Crippen molar-refractivity contribution < 1.29 is 16.4 Å². The fourth-order valence-electron chi connectivity index (χ4n) is 4.21. The first kappa shape index (κ1) is 36.0. The van der Waals surface area contributed by atoms with E-state index in [1.807, 2.05) is 54.1 Å². The molecule has 2 rings (SSSR count). The second kappa shape index (κ2) is 18.4. The third-order valence-corrected chi connectivity index (χ3v) is 7.18. The summed E-state index contributed by atoms with van der Waals surface area (Å²) < 4.78 is 29.4. The molecular weight excluding hydrogens is 518 g/mol. The Bertz CT molecular complexity index is 1130. The number of nitrogens with one attached hydrogen (secondary N) is 2. The Morgan fingerprint density at radius 1 is 1.24 bits per heavy atom. The second-order valence-corrected chi connectivity index (χ2v) is 10.8. The fraction of sp³-hybridized carbons (Fsp3) is 0.529. The molecule has 1 amide bonds. The zero-order chi connectivity index (χ0) is 31.1. The summed E-state index contributed by atoms with van der Waals surface area (Å²) in [5.74, 6) is -0.417. The van der Waals surface area contributed by atoms with E-state index in [0.717, 1.165) is 37.1 Å². The van der Waals surface area contributed by atoms with Crippen LogP contribution in [0, 0.1) is 17.7 Å². The Morgan fingerprint density at radius 3 is 2.44 bits per heavy atom. The predicted molar refractivity (Wildman–Crippen MR) is 175 cm³/mol. The van der Waals surface area contributed by atoms with Crippen LogP contribution in [-0.4, -0.2) is 36.7 Å². The lowest BCUT2D eigenvalue weighted by atomic mass is 9.80. The summed E-state index contributed by atoms with van der Waals surface area (Å²) in [5, 5.41) is 6.17. The van der Waals surface area contributed by atoms with E-state index in [2.05, 4.69) is 47.9 Å². The van der Waals surface area contributed by atoms with E-state index in [1.165, 1.54) is 24.3 Å². The minimum atomic E-state index is -0.366. The van der Waals surface area contributed by atoms with Gasteiger partial charge in [0.05, 0.1) is 12.1 Å². The molecule has 41 heavy (non-hydrogen) atoms. The molecule has 1 aromatic carbocycles. The Hall–Kier alpha value is -3.06. The molecule has 1 unspecified atom stereocenters. The van der Waals surface area contributed by atoms with Crippen LogP contribution in [0.5, 0.6) is 0 Å².